The summed E-state index contributed by atoms with van der Waals surface area (Å²) in [5.74, 6) is -0.253. The first-order chi connectivity index (χ1) is 33.1. The van der Waals surface area contributed by atoms with E-state index in [9.17, 15) is 45.6 Å². The number of nitrogens with one attached hydrogen (secondary N) is 1. The Bertz CT molecular complexity index is 1280. The molecule has 0 bridgehead atoms. The van der Waals surface area contributed by atoms with Crippen LogP contribution in [0.25, 0.3) is 0 Å². The van der Waals surface area contributed by atoms with E-state index in [1.807, 2.05) is 6.08 Å². The fourth-order valence-corrected chi connectivity index (χ4v) is 8.85. The molecule has 2 rings (SSSR count). The van der Waals surface area contributed by atoms with Crippen LogP contribution in [0.5, 0.6) is 0 Å². The fraction of sp³-hybridized carbons (Fsp3) is 0.870. The molecule has 0 aliphatic carbocycles. The summed E-state index contributed by atoms with van der Waals surface area (Å²) < 4.78 is 22.7. The van der Waals surface area contributed by atoms with Gasteiger partial charge in [0.1, 0.15) is 48.8 Å². The minimum atomic E-state index is -1.79. The zero-order valence-electron chi connectivity index (χ0n) is 42.3. The summed E-state index contributed by atoms with van der Waals surface area (Å²) in [5, 5.41) is 86.8. The van der Waals surface area contributed by atoms with Gasteiger partial charge in [-0.05, 0) is 44.9 Å². The lowest BCUT2D eigenvalue weighted by Crippen LogP contribution is -2.65. The molecule has 12 atom stereocenters. The number of carbonyl (C=O) groups is 1. The van der Waals surface area contributed by atoms with Gasteiger partial charge < -0.3 is 65.1 Å². The van der Waals surface area contributed by atoms with Crippen LogP contribution >= 0.6 is 0 Å². The van der Waals surface area contributed by atoms with Crippen LogP contribution in [0.15, 0.2) is 36.5 Å². The van der Waals surface area contributed by atoms with Gasteiger partial charge >= 0.3 is 0 Å². The Hall–Kier alpha value is -1.79. The van der Waals surface area contributed by atoms with E-state index in [0.29, 0.717) is 12.8 Å². The van der Waals surface area contributed by atoms with Gasteiger partial charge in [-0.1, -0.05) is 192 Å². The molecule has 9 N–H and O–H groups in total. The maximum absolute atomic E-state index is 13.2. The predicted octanol–water partition coefficient (Wildman–Crippen LogP) is 7.88. The highest BCUT2D eigenvalue weighted by molar-refractivity contribution is 5.76. The van der Waals surface area contributed by atoms with Crippen molar-refractivity contribution in [1.29, 1.82) is 0 Å². The van der Waals surface area contributed by atoms with Gasteiger partial charge in [0.2, 0.25) is 5.91 Å². The monoisotopic (exact) mass is 970 g/mol. The molecule has 0 aromatic rings. The number of allylic oxidation sites excluding steroid dienone is 5. The van der Waals surface area contributed by atoms with Crippen LogP contribution in [0.1, 0.15) is 206 Å². The van der Waals surface area contributed by atoms with E-state index >= 15 is 0 Å². The number of unbranched alkanes of at least 4 members (excludes halogenated alkanes) is 25. The Balaban J connectivity index is 1.85. The number of hydrogen-bond acceptors (Lipinski definition) is 13. The van der Waals surface area contributed by atoms with Crippen LogP contribution in [0.2, 0.25) is 0 Å². The molecule has 2 fully saturated rings. The molecule has 398 valence electrons. The first-order valence-electron chi connectivity index (χ1n) is 27.2. The van der Waals surface area contributed by atoms with Crippen LogP contribution < -0.4 is 5.32 Å². The molecule has 1 amide bonds. The van der Waals surface area contributed by atoms with Crippen molar-refractivity contribution < 1.29 is 64.6 Å². The second kappa shape index (κ2) is 40.8. The Morgan fingerprint density at radius 3 is 1.44 bits per heavy atom. The Kier molecular flexibility index (Phi) is 37.4. The number of amides is 1. The number of hydrogen-bond donors (Lipinski definition) is 9. The molecule has 0 radical (unpaired) electrons. The molecule has 0 aromatic heterocycles. The van der Waals surface area contributed by atoms with Crippen LogP contribution in [-0.2, 0) is 23.7 Å². The minimum absolute atomic E-state index is 0.253. The van der Waals surface area contributed by atoms with Gasteiger partial charge in [-0.15, -0.1) is 0 Å². The van der Waals surface area contributed by atoms with E-state index in [2.05, 4.69) is 43.5 Å². The van der Waals surface area contributed by atoms with E-state index < -0.39 is 86.8 Å². The lowest BCUT2D eigenvalue weighted by Gasteiger charge is -2.46. The third-order valence-corrected chi connectivity index (χ3v) is 13.3. The number of carbonyl (C=O) groups excluding carboxylic acids is 1. The fourth-order valence-electron chi connectivity index (χ4n) is 8.85. The van der Waals surface area contributed by atoms with Crippen molar-refractivity contribution in [3.8, 4) is 0 Å². The summed E-state index contributed by atoms with van der Waals surface area (Å²) >= 11 is 0. The van der Waals surface area contributed by atoms with Crippen molar-refractivity contribution in [3.63, 3.8) is 0 Å². The molecular formula is C54H99NO13. The van der Waals surface area contributed by atoms with Crippen LogP contribution in [0.3, 0.4) is 0 Å². The van der Waals surface area contributed by atoms with Gasteiger partial charge in [-0.3, -0.25) is 4.79 Å². The molecule has 2 saturated heterocycles. The van der Waals surface area contributed by atoms with Crippen LogP contribution in [0.4, 0.5) is 0 Å². The summed E-state index contributed by atoms with van der Waals surface area (Å²) in [6, 6.07) is -0.934. The maximum atomic E-state index is 13.2. The average Bonchev–Trinajstić information content (AvgIpc) is 3.34. The molecule has 12 unspecified atom stereocenters. The summed E-state index contributed by atoms with van der Waals surface area (Å²) in [4.78, 5) is 13.2. The molecule has 68 heavy (non-hydrogen) atoms. The van der Waals surface area contributed by atoms with Crippen molar-refractivity contribution in [2.45, 2.75) is 280 Å². The SMILES string of the molecule is CCCCCCCCCCC/C=C/CC/C=C/CC/C=C/C(O)C(COC1OC(CO)C(OC2OC(CO)C(O)C(O)C2O)C(O)C1O)NC(=O)CCCCCCCCCCCCCCCCC. The number of aliphatic hydroxyl groups is 8. The molecule has 2 heterocycles. The highest BCUT2D eigenvalue weighted by Crippen LogP contribution is 2.30. The van der Waals surface area contributed by atoms with Crippen molar-refractivity contribution in [3.05, 3.63) is 36.5 Å². The summed E-state index contributed by atoms with van der Waals surface area (Å²) in [5.41, 5.74) is 0. The van der Waals surface area contributed by atoms with Crippen molar-refractivity contribution >= 4 is 5.91 Å². The number of ether oxygens (including phenoxy) is 4. The number of rotatable bonds is 42. The number of aliphatic hydroxyl groups excluding tert-OH is 8. The van der Waals surface area contributed by atoms with E-state index in [4.69, 9.17) is 18.9 Å². The summed E-state index contributed by atoms with van der Waals surface area (Å²) in [6.07, 6.45) is 30.4. The summed E-state index contributed by atoms with van der Waals surface area (Å²) in [7, 11) is 0. The molecule has 0 aromatic carbocycles. The van der Waals surface area contributed by atoms with E-state index in [0.717, 1.165) is 44.9 Å². The molecule has 0 spiro atoms. The molecule has 2 aliphatic rings. The van der Waals surface area contributed by atoms with Crippen LogP contribution in [0, 0.1) is 0 Å². The lowest BCUT2D eigenvalue weighted by molar-refractivity contribution is -0.359. The topological polar surface area (TPSA) is 228 Å². The molecule has 14 heteroatoms. The Morgan fingerprint density at radius 2 is 0.941 bits per heavy atom. The van der Waals surface area contributed by atoms with Gasteiger partial charge in [-0.2, -0.15) is 0 Å². The minimum Gasteiger partial charge on any atom is -0.394 e. The third kappa shape index (κ3) is 27.1. The molecule has 14 nitrogen and oxygen atoms in total. The average molecular weight is 970 g/mol. The Labute approximate surface area is 411 Å². The van der Waals surface area contributed by atoms with Gasteiger partial charge in [0.05, 0.1) is 32.0 Å². The normalized spacial score (nSPS) is 26.6. The van der Waals surface area contributed by atoms with Gasteiger partial charge in [0.15, 0.2) is 12.6 Å². The first kappa shape index (κ1) is 62.3. The molecule has 0 saturated carbocycles. The highest BCUT2D eigenvalue weighted by atomic mass is 16.7. The Morgan fingerprint density at radius 1 is 0.515 bits per heavy atom. The van der Waals surface area contributed by atoms with Gasteiger partial charge in [-0.25, -0.2) is 0 Å². The second-order valence-corrected chi connectivity index (χ2v) is 19.3. The quantitative estimate of drug-likeness (QED) is 0.0210. The van der Waals surface area contributed by atoms with Crippen LogP contribution in [-0.4, -0.2) is 140 Å². The molecular weight excluding hydrogens is 871 g/mol. The van der Waals surface area contributed by atoms with Crippen molar-refractivity contribution in [1.82, 2.24) is 5.32 Å². The van der Waals surface area contributed by atoms with Gasteiger partial charge in [0, 0.05) is 6.42 Å². The standard InChI is InChI=1S/C54H99NO13/c1-3-5-7-9-11-13-15-17-19-20-21-22-24-25-27-29-31-33-35-37-43(58)42(55-46(59)38-36-34-32-30-28-26-23-18-16-14-12-10-8-6-4-2)41-65-53-51(64)49(62)52(45(40-57)67-53)68-54-50(63)48(61)47(60)44(39-56)66-54/h21-22,27,29,35,37,42-45,47-54,56-58,60-64H,3-20,23-26,28,30-34,36,38-41H2,1-2H3,(H,55,59)/b22-21+,29-27+,37-35+. The van der Waals surface area contributed by atoms with Crippen molar-refractivity contribution in [2.75, 3.05) is 19.8 Å². The zero-order valence-corrected chi connectivity index (χ0v) is 42.3. The second-order valence-electron chi connectivity index (χ2n) is 19.3. The van der Waals surface area contributed by atoms with E-state index in [-0.39, 0.29) is 18.9 Å². The highest BCUT2D eigenvalue weighted by Gasteiger charge is 2.51. The van der Waals surface area contributed by atoms with E-state index in [1.165, 1.54) is 128 Å². The lowest BCUT2D eigenvalue weighted by atomic mass is 9.97. The zero-order chi connectivity index (χ0) is 49.6. The smallest absolute Gasteiger partial charge is 0.220 e. The van der Waals surface area contributed by atoms with Gasteiger partial charge in [0.25, 0.3) is 0 Å². The molecule has 2 aliphatic heterocycles. The van der Waals surface area contributed by atoms with E-state index in [1.54, 1.807) is 6.08 Å². The van der Waals surface area contributed by atoms with Crippen molar-refractivity contribution in [2.24, 2.45) is 0 Å². The largest absolute Gasteiger partial charge is 0.394 e. The first-order valence-corrected chi connectivity index (χ1v) is 27.2. The summed E-state index contributed by atoms with van der Waals surface area (Å²) in [6.45, 7) is 2.77. The maximum Gasteiger partial charge on any atom is 0.220 e. The predicted molar refractivity (Wildman–Crippen MR) is 268 cm³/mol. The third-order valence-electron chi connectivity index (χ3n) is 13.3.